The van der Waals surface area contributed by atoms with Crippen LogP contribution >= 0.6 is 15.9 Å². The highest BCUT2D eigenvalue weighted by Gasteiger charge is 2.30. The average molecular weight is 397 g/mol. The van der Waals surface area contributed by atoms with Gasteiger partial charge >= 0.3 is 6.09 Å². The summed E-state index contributed by atoms with van der Waals surface area (Å²) in [6, 6.07) is 4.39. The van der Waals surface area contributed by atoms with E-state index in [-0.39, 0.29) is 6.54 Å². The molecule has 0 spiro atoms. The lowest BCUT2D eigenvalue weighted by Gasteiger charge is -2.22. The molecule has 1 aromatic rings. The average Bonchev–Trinajstić information content (AvgIpc) is 2.39. The highest BCUT2D eigenvalue weighted by Crippen LogP contribution is 2.17. The lowest BCUT2D eigenvalue weighted by atomic mass is 10.2. The topological polar surface area (TPSA) is 50.4 Å². The second kappa shape index (κ2) is 8.01. The molecule has 0 radical (unpaired) electrons. The van der Waals surface area contributed by atoms with Crippen LogP contribution in [0.15, 0.2) is 22.7 Å². The van der Waals surface area contributed by atoms with E-state index in [0.29, 0.717) is 10.0 Å². The van der Waals surface area contributed by atoms with Crippen LogP contribution in [0.5, 0.6) is 0 Å². The number of halogens is 4. The molecule has 2 N–H and O–H groups in total. The molecular weight excluding hydrogens is 377 g/mol. The van der Waals surface area contributed by atoms with E-state index in [0.717, 1.165) is 0 Å². The summed E-state index contributed by atoms with van der Waals surface area (Å²) in [5, 5.41) is 4.56. The zero-order chi connectivity index (χ0) is 17.7. The lowest BCUT2D eigenvalue weighted by Crippen LogP contribution is -2.44. The first kappa shape index (κ1) is 19.8. The van der Waals surface area contributed by atoms with Crippen molar-refractivity contribution in [3.05, 3.63) is 34.1 Å². The fourth-order valence-electron chi connectivity index (χ4n) is 1.62. The van der Waals surface area contributed by atoms with E-state index in [4.69, 9.17) is 4.74 Å². The maximum Gasteiger partial charge on any atom is 0.407 e. The Hall–Kier alpha value is -1.28. The molecule has 1 rings (SSSR count). The van der Waals surface area contributed by atoms with Crippen LogP contribution in [0.2, 0.25) is 0 Å². The Labute approximate surface area is 141 Å². The molecule has 0 bridgehead atoms. The van der Waals surface area contributed by atoms with Gasteiger partial charge in [-0.2, -0.15) is 0 Å². The molecule has 4 nitrogen and oxygen atoms in total. The van der Waals surface area contributed by atoms with Crippen molar-refractivity contribution >= 4 is 22.0 Å². The Morgan fingerprint density at radius 3 is 2.48 bits per heavy atom. The summed E-state index contributed by atoms with van der Waals surface area (Å²) in [7, 11) is 0. The van der Waals surface area contributed by atoms with Gasteiger partial charge in [0.25, 0.3) is 5.92 Å². The number of benzene rings is 1. The molecule has 0 aliphatic heterocycles. The van der Waals surface area contributed by atoms with Crippen LogP contribution in [0.4, 0.5) is 18.0 Å². The standard InChI is InChI=1S/C15H20BrF3N2O2/c1-14(2,3)23-13(22)21-9-15(18,19)8-20-7-10-4-5-11(16)12(17)6-10/h4-6,20H,7-9H2,1-3H3,(H,21,22). The second-order valence-corrected chi connectivity index (χ2v) is 6.92. The summed E-state index contributed by atoms with van der Waals surface area (Å²) in [4.78, 5) is 11.3. The minimum atomic E-state index is -3.15. The van der Waals surface area contributed by atoms with Gasteiger partial charge in [0.05, 0.1) is 17.6 Å². The van der Waals surface area contributed by atoms with Crippen molar-refractivity contribution in [1.82, 2.24) is 10.6 Å². The van der Waals surface area contributed by atoms with Crippen molar-refractivity contribution in [3.8, 4) is 0 Å². The van der Waals surface area contributed by atoms with Crippen molar-refractivity contribution in [2.45, 2.75) is 38.8 Å². The predicted octanol–water partition coefficient (Wildman–Crippen LogP) is 3.84. The molecule has 0 aromatic heterocycles. The molecule has 0 saturated carbocycles. The molecule has 1 aromatic carbocycles. The van der Waals surface area contributed by atoms with E-state index in [1.807, 2.05) is 5.32 Å². The van der Waals surface area contributed by atoms with Gasteiger partial charge in [0.15, 0.2) is 0 Å². The summed E-state index contributed by atoms with van der Waals surface area (Å²) < 4.78 is 45.8. The summed E-state index contributed by atoms with van der Waals surface area (Å²) in [6.07, 6.45) is -0.896. The van der Waals surface area contributed by atoms with Crippen LogP contribution < -0.4 is 10.6 Å². The number of alkyl halides is 2. The Morgan fingerprint density at radius 2 is 1.91 bits per heavy atom. The lowest BCUT2D eigenvalue weighted by molar-refractivity contribution is -0.00376. The monoisotopic (exact) mass is 396 g/mol. The van der Waals surface area contributed by atoms with Crippen LogP contribution in [0.25, 0.3) is 0 Å². The van der Waals surface area contributed by atoms with Gasteiger partial charge in [0.2, 0.25) is 0 Å². The molecule has 0 atom stereocenters. The normalized spacial score (nSPS) is 12.1. The zero-order valence-electron chi connectivity index (χ0n) is 13.2. The third kappa shape index (κ3) is 8.22. The number of amides is 1. The molecule has 0 heterocycles. The minimum Gasteiger partial charge on any atom is -0.444 e. The second-order valence-electron chi connectivity index (χ2n) is 6.06. The van der Waals surface area contributed by atoms with E-state index in [1.54, 1.807) is 26.8 Å². The van der Waals surface area contributed by atoms with Crippen LogP contribution in [0, 0.1) is 5.82 Å². The van der Waals surface area contributed by atoms with Crippen LogP contribution in [0.3, 0.4) is 0 Å². The molecule has 23 heavy (non-hydrogen) atoms. The summed E-state index contributed by atoms with van der Waals surface area (Å²) in [5.41, 5.74) is -0.204. The van der Waals surface area contributed by atoms with Gasteiger partial charge in [0.1, 0.15) is 11.4 Å². The minimum absolute atomic E-state index is 0.0895. The highest BCUT2D eigenvalue weighted by atomic mass is 79.9. The smallest absolute Gasteiger partial charge is 0.407 e. The molecule has 0 aliphatic rings. The highest BCUT2D eigenvalue weighted by molar-refractivity contribution is 9.10. The molecule has 0 aliphatic carbocycles. The first-order valence-electron chi connectivity index (χ1n) is 6.98. The molecule has 8 heteroatoms. The first-order valence-corrected chi connectivity index (χ1v) is 7.77. The number of alkyl carbamates (subject to hydrolysis) is 1. The maximum absolute atomic E-state index is 13.6. The van der Waals surface area contributed by atoms with Crippen molar-refractivity contribution in [2.75, 3.05) is 13.1 Å². The molecule has 0 saturated heterocycles. The third-order valence-corrected chi connectivity index (χ3v) is 3.23. The Morgan fingerprint density at radius 1 is 1.26 bits per heavy atom. The van der Waals surface area contributed by atoms with Crippen molar-refractivity contribution in [1.29, 1.82) is 0 Å². The van der Waals surface area contributed by atoms with Gasteiger partial charge in [-0.05, 0) is 54.4 Å². The SMILES string of the molecule is CC(C)(C)OC(=O)NCC(F)(F)CNCc1ccc(Br)c(F)c1. The number of rotatable bonds is 6. The van der Waals surface area contributed by atoms with E-state index in [1.165, 1.54) is 12.1 Å². The number of nitrogens with one attached hydrogen (secondary N) is 2. The molecule has 0 fully saturated rings. The summed E-state index contributed by atoms with van der Waals surface area (Å²) in [5.74, 6) is -3.60. The number of carbonyl (C=O) groups excluding carboxylic acids is 1. The largest absolute Gasteiger partial charge is 0.444 e. The number of carbonyl (C=O) groups is 1. The molecule has 1 amide bonds. The fourth-order valence-corrected chi connectivity index (χ4v) is 1.86. The van der Waals surface area contributed by atoms with E-state index in [2.05, 4.69) is 21.2 Å². The summed E-state index contributed by atoms with van der Waals surface area (Å²) >= 11 is 3.02. The Balaban J connectivity index is 2.37. The van der Waals surface area contributed by atoms with Crippen molar-refractivity contribution < 1.29 is 22.7 Å². The van der Waals surface area contributed by atoms with Gasteiger partial charge in [-0.3, -0.25) is 0 Å². The third-order valence-electron chi connectivity index (χ3n) is 2.59. The fraction of sp³-hybridized carbons (Fsp3) is 0.533. The van der Waals surface area contributed by atoms with Gasteiger partial charge in [-0.25, -0.2) is 18.0 Å². The van der Waals surface area contributed by atoms with E-state index >= 15 is 0 Å². The Kier molecular flexibility index (Phi) is 6.88. The van der Waals surface area contributed by atoms with Gasteiger partial charge < -0.3 is 15.4 Å². The van der Waals surface area contributed by atoms with Gasteiger partial charge in [-0.15, -0.1) is 0 Å². The quantitative estimate of drug-likeness (QED) is 0.767. The van der Waals surface area contributed by atoms with Crippen LogP contribution in [-0.4, -0.2) is 30.7 Å². The summed E-state index contributed by atoms with van der Waals surface area (Å²) in [6.45, 7) is 3.52. The van der Waals surface area contributed by atoms with E-state index in [9.17, 15) is 18.0 Å². The van der Waals surface area contributed by atoms with Crippen molar-refractivity contribution in [2.24, 2.45) is 0 Å². The van der Waals surface area contributed by atoms with Gasteiger partial charge in [-0.1, -0.05) is 6.07 Å². The Bertz CT molecular complexity index is 548. The predicted molar refractivity (Wildman–Crippen MR) is 85.0 cm³/mol. The van der Waals surface area contributed by atoms with Crippen molar-refractivity contribution in [3.63, 3.8) is 0 Å². The van der Waals surface area contributed by atoms with Crippen LogP contribution in [-0.2, 0) is 11.3 Å². The van der Waals surface area contributed by atoms with Crippen LogP contribution in [0.1, 0.15) is 26.3 Å². The van der Waals surface area contributed by atoms with E-state index < -0.39 is 36.5 Å². The number of hydrogen-bond acceptors (Lipinski definition) is 3. The molecule has 130 valence electrons. The maximum atomic E-state index is 13.6. The first-order chi connectivity index (χ1) is 10.5. The zero-order valence-corrected chi connectivity index (χ0v) is 14.8. The molecular formula is C15H20BrF3N2O2. The number of ether oxygens (including phenoxy) is 1. The number of hydrogen-bond donors (Lipinski definition) is 2. The molecule has 0 unspecified atom stereocenters. The van der Waals surface area contributed by atoms with Gasteiger partial charge in [0, 0.05) is 6.54 Å².